The quantitative estimate of drug-likeness (QED) is 0.552. The molecule has 4 rings (SSSR count). The second kappa shape index (κ2) is 7.93. The SMILES string of the molecule is CNC(=O)c1ccccc1NC(=O)c1ccc(Cn2nnc3ccccc32)cc1. The highest BCUT2D eigenvalue weighted by Crippen LogP contribution is 2.17. The van der Waals surface area contributed by atoms with Crippen LogP contribution in [-0.4, -0.2) is 33.9 Å². The number of carbonyl (C=O) groups excluding carboxylic acids is 2. The zero-order valence-corrected chi connectivity index (χ0v) is 15.8. The predicted octanol–water partition coefficient (Wildman–Crippen LogP) is 3.09. The maximum Gasteiger partial charge on any atom is 0.255 e. The Morgan fingerprint density at radius 3 is 2.41 bits per heavy atom. The van der Waals surface area contributed by atoms with Gasteiger partial charge in [0.2, 0.25) is 0 Å². The second-order valence-corrected chi connectivity index (χ2v) is 6.51. The number of rotatable bonds is 5. The summed E-state index contributed by atoms with van der Waals surface area (Å²) < 4.78 is 1.82. The Bertz CT molecular complexity index is 1180. The molecule has 0 saturated heterocycles. The molecule has 0 unspecified atom stereocenters. The van der Waals surface area contributed by atoms with Gasteiger partial charge in [-0.2, -0.15) is 0 Å². The monoisotopic (exact) mass is 385 g/mol. The van der Waals surface area contributed by atoms with Gasteiger partial charge < -0.3 is 10.6 Å². The summed E-state index contributed by atoms with van der Waals surface area (Å²) in [5.41, 5.74) is 4.19. The zero-order valence-electron chi connectivity index (χ0n) is 15.8. The Hall–Kier alpha value is -4.00. The smallest absolute Gasteiger partial charge is 0.255 e. The number of fused-ring (bicyclic) bond motifs is 1. The molecule has 0 atom stereocenters. The fourth-order valence-electron chi connectivity index (χ4n) is 3.09. The van der Waals surface area contributed by atoms with E-state index in [0.717, 1.165) is 16.6 Å². The number of benzene rings is 3. The van der Waals surface area contributed by atoms with E-state index in [1.54, 1.807) is 43.4 Å². The van der Waals surface area contributed by atoms with Crippen molar-refractivity contribution < 1.29 is 9.59 Å². The standard InChI is InChI=1S/C22H19N5O2/c1-23-22(29)17-6-2-3-7-18(17)24-21(28)16-12-10-15(11-13-16)14-27-20-9-5-4-8-19(20)25-26-27/h2-13H,14H2,1H3,(H,23,29)(H,24,28). The highest BCUT2D eigenvalue weighted by Gasteiger charge is 2.13. The van der Waals surface area contributed by atoms with E-state index < -0.39 is 0 Å². The lowest BCUT2D eigenvalue weighted by Gasteiger charge is -2.10. The Morgan fingerprint density at radius 1 is 0.897 bits per heavy atom. The summed E-state index contributed by atoms with van der Waals surface area (Å²) in [6.07, 6.45) is 0. The second-order valence-electron chi connectivity index (χ2n) is 6.51. The van der Waals surface area contributed by atoms with Crippen molar-refractivity contribution >= 4 is 28.5 Å². The number of hydrogen-bond acceptors (Lipinski definition) is 4. The van der Waals surface area contributed by atoms with Gasteiger partial charge in [0.1, 0.15) is 5.52 Å². The number of anilines is 1. The molecule has 0 spiro atoms. The number of amides is 2. The first-order valence-corrected chi connectivity index (χ1v) is 9.15. The van der Waals surface area contributed by atoms with Gasteiger partial charge in [-0.05, 0) is 42.0 Å². The van der Waals surface area contributed by atoms with E-state index >= 15 is 0 Å². The van der Waals surface area contributed by atoms with Crippen LogP contribution in [0.2, 0.25) is 0 Å². The summed E-state index contributed by atoms with van der Waals surface area (Å²) in [4.78, 5) is 24.6. The van der Waals surface area contributed by atoms with Crippen LogP contribution < -0.4 is 10.6 Å². The van der Waals surface area contributed by atoms with Crippen LogP contribution in [-0.2, 0) is 6.54 Å². The molecule has 0 radical (unpaired) electrons. The topological polar surface area (TPSA) is 88.9 Å². The van der Waals surface area contributed by atoms with Crippen molar-refractivity contribution in [2.45, 2.75) is 6.54 Å². The normalized spacial score (nSPS) is 10.7. The first-order valence-electron chi connectivity index (χ1n) is 9.15. The van der Waals surface area contributed by atoms with Crippen molar-refractivity contribution in [3.63, 3.8) is 0 Å². The maximum absolute atomic E-state index is 12.6. The van der Waals surface area contributed by atoms with Crippen molar-refractivity contribution in [2.75, 3.05) is 12.4 Å². The zero-order chi connectivity index (χ0) is 20.2. The van der Waals surface area contributed by atoms with Gasteiger partial charge in [-0.3, -0.25) is 9.59 Å². The van der Waals surface area contributed by atoms with E-state index in [0.29, 0.717) is 23.4 Å². The first kappa shape index (κ1) is 18.4. The number of nitrogens with one attached hydrogen (secondary N) is 2. The molecular weight excluding hydrogens is 366 g/mol. The molecule has 1 heterocycles. The summed E-state index contributed by atoms with van der Waals surface area (Å²) in [5.74, 6) is -0.532. The van der Waals surface area contributed by atoms with Gasteiger partial charge in [-0.15, -0.1) is 5.10 Å². The van der Waals surface area contributed by atoms with E-state index in [9.17, 15) is 9.59 Å². The fraction of sp³-hybridized carbons (Fsp3) is 0.0909. The number of aromatic nitrogens is 3. The molecule has 2 N–H and O–H groups in total. The van der Waals surface area contributed by atoms with Crippen LogP contribution in [0.15, 0.2) is 72.8 Å². The van der Waals surface area contributed by atoms with Crippen LogP contribution in [0.1, 0.15) is 26.3 Å². The molecule has 1 aromatic heterocycles. The largest absolute Gasteiger partial charge is 0.355 e. The molecule has 3 aromatic carbocycles. The lowest BCUT2D eigenvalue weighted by atomic mass is 10.1. The molecule has 0 aliphatic carbocycles. The average molecular weight is 385 g/mol. The Balaban J connectivity index is 1.49. The third-order valence-electron chi connectivity index (χ3n) is 4.62. The van der Waals surface area contributed by atoms with Gasteiger partial charge in [0.25, 0.3) is 11.8 Å². The number of para-hydroxylation sites is 2. The molecule has 2 amide bonds. The van der Waals surface area contributed by atoms with Crippen LogP contribution in [0.3, 0.4) is 0 Å². The summed E-state index contributed by atoms with van der Waals surface area (Å²) in [6.45, 7) is 0.557. The van der Waals surface area contributed by atoms with E-state index in [2.05, 4.69) is 20.9 Å². The molecule has 0 aliphatic rings. The van der Waals surface area contributed by atoms with Gasteiger partial charge in [0.15, 0.2) is 0 Å². The Kier molecular flexibility index (Phi) is 5.03. The van der Waals surface area contributed by atoms with E-state index in [1.807, 2.05) is 41.1 Å². The van der Waals surface area contributed by atoms with E-state index in [-0.39, 0.29) is 11.8 Å². The van der Waals surface area contributed by atoms with Gasteiger partial charge >= 0.3 is 0 Å². The number of hydrogen-bond donors (Lipinski definition) is 2. The molecule has 7 nitrogen and oxygen atoms in total. The predicted molar refractivity (Wildman–Crippen MR) is 111 cm³/mol. The molecular formula is C22H19N5O2. The summed E-state index contributed by atoms with van der Waals surface area (Å²) >= 11 is 0. The molecule has 29 heavy (non-hydrogen) atoms. The fourth-order valence-corrected chi connectivity index (χ4v) is 3.09. The van der Waals surface area contributed by atoms with Crippen molar-refractivity contribution in [1.29, 1.82) is 0 Å². The average Bonchev–Trinajstić information content (AvgIpc) is 3.17. The van der Waals surface area contributed by atoms with Crippen LogP contribution >= 0.6 is 0 Å². The van der Waals surface area contributed by atoms with E-state index in [4.69, 9.17) is 0 Å². The minimum Gasteiger partial charge on any atom is -0.355 e. The van der Waals surface area contributed by atoms with Crippen molar-refractivity contribution in [3.05, 3.63) is 89.5 Å². The van der Waals surface area contributed by atoms with Crippen molar-refractivity contribution in [3.8, 4) is 0 Å². The van der Waals surface area contributed by atoms with Crippen LogP contribution in [0.5, 0.6) is 0 Å². The minimum atomic E-state index is -0.279. The molecule has 0 aliphatic heterocycles. The van der Waals surface area contributed by atoms with E-state index in [1.165, 1.54) is 0 Å². The maximum atomic E-state index is 12.6. The molecule has 4 aromatic rings. The van der Waals surface area contributed by atoms with Crippen molar-refractivity contribution in [2.24, 2.45) is 0 Å². The highest BCUT2D eigenvalue weighted by molar-refractivity contribution is 6.08. The van der Waals surface area contributed by atoms with Gasteiger partial charge in [-0.25, -0.2) is 4.68 Å². The van der Waals surface area contributed by atoms with Gasteiger partial charge in [0, 0.05) is 12.6 Å². The Morgan fingerprint density at radius 2 is 1.62 bits per heavy atom. The van der Waals surface area contributed by atoms with Gasteiger partial charge in [-0.1, -0.05) is 41.6 Å². The lowest BCUT2D eigenvalue weighted by Crippen LogP contribution is -2.21. The summed E-state index contributed by atoms with van der Waals surface area (Å²) in [7, 11) is 1.55. The highest BCUT2D eigenvalue weighted by atomic mass is 16.2. The first-order chi connectivity index (χ1) is 14.2. The molecule has 0 fully saturated rings. The third kappa shape index (κ3) is 3.84. The summed E-state index contributed by atoms with van der Waals surface area (Å²) in [6, 6.07) is 21.9. The number of nitrogens with zero attached hydrogens (tertiary/aromatic N) is 3. The third-order valence-corrected chi connectivity index (χ3v) is 4.62. The van der Waals surface area contributed by atoms with Crippen LogP contribution in [0, 0.1) is 0 Å². The van der Waals surface area contributed by atoms with Crippen LogP contribution in [0.4, 0.5) is 5.69 Å². The number of carbonyl (C=O) groups is 2. The summed E-state index contributed by atoms with van der Waals surface area (Å²) in [5, 5.41) is 13.7. The lowest BCUT2D eigenvalue weighted by molar-refractivity contribution is 0.0964. The van der Waals surface area contributed by atoms with Crippen LogP contribution in [0.25, 0.3) is 11.0 Å². The van der Waals surface area contributed by atoms with Crippen molar-refractivity contribution in [1.82, 2.24) is 20.3 Å². The minimum absolute atomic E-state index is 0.253. The molecule has 144 valence electrons. The molecule has 0 bridgehead atoms. The Labute approximate surface area is 167 Å². The molecule has 7 heteroatoms. The van der Waals surface area contributed by atoms with Gasteiger partial charge in [0.05, 0.1) is 23.3 Å². The molecule has 0 saturated carbocycles.